The number of nitrogens with one attached hydrogen (secondary N) is 2. The number of rotatable bonds is 6. The SMILES string of the molecule is CCCNC(Cc1cc2n[nH]c(=O)n2cn1)C1CC1. The Morgan fingerprint density at radius 2 is 2.42 bits per heavy atom. The van der Waals surface area contributed by atoms with Crippen LogP contribution in [0.3, 0.4) is 0 Å². The zero-order chi connectivity index (χ0) is 13.2. The van der Waals surface area contributed by atoms with E-state index in [9.17, 15) is 4.79 Å². The molecule has 0 saturated heterocycles. The lowest BCUT2D eigenvalue weighted by atomic mass is 10.1. The summed E-state index contributed by atoms with van der Waals surface area (Å²) in [6.07, 6.45) is 6.23. The molecule has 1 unspecified atom stereocenters. The van der Waals surface area contributed by atoms with Crippen molar-refractivity contribution < 1.29 is 0 Å². The van der Waals surface area contributed by atoms with Crippen LogP contribution in [-0.2, 0) is 6.42 Å². The molecule has 19 heavy (non-hydrogen) atoms. The van der Waals surface area contributed by atoms with Gasteiger partial charge in [-0.25, -0.2) is 19.3 Å². The molecular weight excluding hydrogens is 242 g/mol. The van der Waals surface area contributed by atoms with Crippen LogP contribution in [0.15, 0.2) is 17.2 Å². The Balaban J connectivity index is 1.77. The second-order valence-electron chi connectivity index (χ2n) is 5.24. The summed E-state index contributed by atoms with van der Waals surface area (Å²) < 4.78 is 1.43. The largest absolute Gasteiger partial charge is 0.348 e. The van der Waals surface area contributed by atoms with Crippen molar-refractivity contribution in [3.63, 3.8) is 0 Å². The number of hydrogen-bond donors (Lipinski definition) is 2. The first-order chi connectivity index (χ1) is 9.28. The predicted molar refractivity (Wildman–Crippen MR) is 72.1 cm³/mol. The summed E-state index contributed by atoms with van der Waals surface area (Å²) in [7, 11) is 0. The van der Waals surface area contributed by atoms with Crippen LogP contribution in [0.5, 0.6) is 0 Å². The minimum Gasteiger partial charge on any atom is -0.313 e. The van der Waals surface area contributed by atoms with Crippen LogP contribution in [0.1, 0.15) is 31.9 Å². The number of aromatic amines is 1. The normalized spacial score (nSPS) is 16.9. The Kier molecular flexibility index (Phi) is 3.33. The maximum Gasteiger partial charge on any atom is 0.348 e. The van der Waals surface area contributed by atoms with Gasteiger partial charge >= 0.3 is 5.69 Å². The summed E-state index contributed by atoms with van der Waals surface area (Å²) in [4.78, 5) is 15.7. The van der Waals surface area contributed by atoms with E-state index in [1.807, 2.05) is 6.07 Å². The van der Waals surface area contributed by atoms with Gasteiger partial charge in [0, 0.05) is 24.2 Å². The first-order valence-electron chi connectivity index (χ1n) is 6.93. The number of nitrogens with zero attached hydrogens (tertiary/aromatic N) is 3. The van der Waals surface area contributed by atoms with Gasteiger partial charge in [-0.3, -0.25) is 0 Å². The second-order valence-corrected chi connectivity index (χ2v) is 5.24. The van der Waals surface area contributed by atoms with Crippen molar-refractivity contribution in [3.8, 4) is 0 Å². The summed E-state index contributed by atoms with van der Waals surface area (Å²) in [5, 5.41) is 10.00. The summed E-state index contributed by atoms with van der Waals surface area (Å²) in [6, 6.07) is 2.39. The third-order valence-electron chi connectivity index (χ3n) is 3.64. The van der Waals surface area contributed by atoms with Crippen molar-refractivity contribution >= 4 is 5.65 Å². The second kappa shape index (κ2) is 5.13. The minimum atomic E-state index is -0.239. The quantitative estimate of drug-likeness (QED) is 0.804. The van der Waals surface area contributed by atoms with E-state index in [0.717, 1.165) is 31.0 Å². The highest BCUT2D eigenvalue weighted by atomic mass is 16.1. The van der Waals surface area contributed by atoms with Gasteiger partial charge in [0.05, 0.1) is 0 Å². The highest BCUT2D eigenvalue weighted by Gasteiger charge is 2.31. The van der Waals surface area contributed by atoms with Crippen LogP contribution in [0.2, 0.25) is 0 Å². The van der Waals surface area contributed by atoms with Crippen molar-refractivity contribution in [2.75, 3.05) is 6.54 Å². The minimum absolute atomic E-state index is 0.239. The lowest BCUT2D eigenvalue weighted by Crippen LogP contribution is -2.34. The molecule has 0 radical (unpaired) electrons. The van der Waals surface area contributed by atoms with Gasteiger partial charge in [-0.2, -0.15) is 5.10 Å². The van der Waals surface area contributed by atoms with Gasteiger partial charge in [0.15, 0.2) is 5.65 Å². The van der Waals surface area contributed by atoms with Gasteiger partial charge in [-0.05, 0) is 31.7 Å². The molecule has 1 saturated carbocycles. The van der Waals surface area contributed by atoms with E-state index in [2.05, 4.69) is 27.4 Å². The zero-order valence-electron chi connectivity index (χ0n) is 11.1. The molecule has 0 aromatic carbocycles. The van der Waals surface area contributed by atoms with Crippen molar-refractivity contribution in [1.29, 1.82) is 0 Å². The maximum absolute atomic E-state index is 11.4. The van der Waals surface area contributed by atoms with Crippen molar-refractivity contribution in [3.05, 3.63) is 28.6 Å². The van der Waals surface area contributed by atoms with Crippen LogP contribution in [0.4, 0.5) is 0 Å². The molecule has 0 spiro atoms. The first-order valence-corrected chi connectivity index (χ1v) is 6.93. The lowest BCUT2D eigenvalue weighted by Gasteiger charge is -2.17. The van der Waals surface area contributed by atoms with Gasteiger partial charge in [0.2, 0.25) is 0 Å². The monoisotopic (exact) mass is 261 g/mol. The molecule has 1 aliphatic carbocycles. The summed E-state index contributed by atoms with van der Waals surface area (Å²) in [6.45, 7) is 3.22. The number of H-pyrrole nitrogens is 1. The summed E-state index contributed by atoms with van der Waals surface area (Å²) >= 11 is 0. The molecular formula is C13H19N5O. The molecule has 6 heteroatoms. The summed E-state index contributed by atoms with van der Waals surface area (Å²) in [5.41, 5.74) is 1.39. The average Bonchev–Trinajstić information content (AvgIpc) is 3.20. The smallest absolute Gasteiger partial charge is 0.313 e. The molecule has 2 N–H and O–H groups in total. The van der Waals surface area contributed by atoms with E-state index < -0.39 is 0 Å². The average molecular weight is 261 g/mol. The van der Waals surface area contributed by atoms with Gasteiger partial charge in [0.25, 0.3) is 0 Å². The van der Waals surface area contributed by atoms with Crippen LogP contribution in [0.25, 0.3) is 5.65 Å². The lowest BCUT2D eigenvalue weighted by molar-refractivity contribution is 0.456. The Morgan fingerprint density at radius 1 is 1.58 bits per heavy atom. The van der Waals surface area contributed by atoms with E-state index in [4.69, 9.17) is 0 Å². The van der Waals surface area contributed by atoms with Crippen molar-refractivity contribution in [1.82, 2.24) is 24.9 Å². The van der Waals surface area contributed by atoms with Crippen LogP contribution < -0.4 is 11.0 Å². The van der Waals surface area contributed by atoms with E-state index in [1.54, 1.807) is 6.33 Å². The summed E-state index contributed by atoms with van der Waals surface area (Å²) in [5.74, 6) is 0.783. The number of hydrogen-bond acceptors (Lipinski definition) is 4. The molecule has 0 bridgehead atoms. The number of fused-ring (bicyclic) bond motifs is 1. The van der Waals surface area contributed by atoms with Gasteiger partial charge < -0.3 is 5.32 Å². The van der Waals surface area contributed by atoms with E-state index >= 15 is 0 Å². The Labute approximate surface area is 111 Å². The Morgan fingerprint density at radius 3 is 3.16 bits per heavy atom. The Hall–Kier alpha value is -1.69. The molecule has 1 aliphatic rings. The molecule has 6 nitrogen and oxygen atoms in total. The fourth-order valence-corrected chi connectivity index (χ4v) is 2.42. The number of aromatic nitrogens is 4. The molecule has 0 aliphatic heterocycles. The van der Waals surface area contributed by atoms with Crippen LogP contribution >= 0.6 is 0 Å². The topological polar surface area (TPSA) is 75.1 Å². The molecule has 102 valence electrons. The van der Waals surface area contributed by atoms with Gasteiger partial charge in [-0.15, -0.1) is 0 Å². The third kappa shape index (κ3) is 2.68. The van der Waals surface area contributed by atoms with E-state index in [1.165, 1.54) is 17.2 Å². The van der Waals surface area contributed by atoms with Gasteiger partial charge in [-0.1, -0.05) is 6.92 Å². The standard InChI is InChI=1S/C13H19N5O/c1-2-5-14-11(9-3-4-9)6-10-7-12-16-17-13(19)18(12)8-15-10/h7-9,11,14H,2-6H2,1H3,(H,17,19). The predicted octanol–water partition coefficient (Wildman–Crippen LogP) is 0.738. The van der Waals surface area contributed by atoms with E-state index in [-0.39, 0.29) is 5.69 Å². The first kappa shape index (κ1) is 12.3. The molecule has 2 heterocycles. The zero-order valence-corrected chi connectivity index (χ0v) is 11.1. The molecule has 2 aromatic heterocycles. The molecule has 0 amide bonds. The highest BCUT2D eigenvalue weighted by molar-refractivity contribution is 5.36. The maximum atomic E-state index is 11.4. The van der Waals surface area contributed by atoms with Crippen molar-refractivity contribution in [2.45, 2.75) is 38.6 Å². The molecule has 2 aromatic rings. The van der Waals surface area contributed by atoms with Crippen molar-refractivity contribution in [2.24, 2.45) is 5.92 Å². The van der Waals surface area contributed by atoms with Crippen LogP contribution in [-0.4, -0.2) is 32.2 Å². The van der Waals surface area contributed by atoms with Gasteiger partial charge in [0.1, 0.15) is 6.33 Å². The van der Waals surface area contributed by atoms with Crippen LogP contribution in [0, 0.1) is 5.92 Å². The molecule has 3 rings (SSSR count). The molecule has 1 fully saturated rings. The fraction of sp³-hybridized carbons (Fsp3) is 0.615. The third-order valence-corrected chi connectivity index (χ3v) is 3.64. The fourth-order valence-electron chi connectivity index (χ4n) is 2.42. The molecule has 1 atom stereocenters. The highest BCUT2D eigenvalue weighted by Crippen LogP contribution is 2.33. The Bertz CT molecular complexity index is 613. The van der Waals surface area contributed by atoms with E-state index in [0.29, 0.717) is 11.7 Å².